The largest absolute Gasteiger partial charge is 0.360 e. The van der Waals surface area contributed by atoms with Gasteiger partial charge in [0.05, 0.1) is 26.2 Å². The molecule has 1 aliphatic rings. The van der Waals surface area contributed by atoms with E-state index in [9.17, 15) is 4.79 Å². The molecule has 0 spiro atoms. The number of nitrogens with zero attached hydrogens (tertiary/aromatic N) is 1. The lowest BCUT2D eigenvalue weighted by molar-refractivity contribution is -0.914. The van der Waals surface area contributed by atoms with Crippen LogP contribution in [0.5, 0.6) is 0 Å². The molecule has 150 valence electrons. The minimum Gasteiger partial charge on any atom is -0.360 e. The maximum absolute atomic E-state index is 12.9. The van der Waals surface area contributed by atoms with Crippen molar-refractivity contribution in [3.8, 4) is 0 Å². The molecule has 1 heterocycles. The molecule has 1 saturated heterocycles. The number of anilines is 2. The molecule has 0 aromatic heterocycles. The van der Waals surface area contributed by atoms with Crippen LogP contribution >= 0.6 is 0 Å². The molecule has 2 aromatic carbocycles. The van der Waals surface area contributed by atoms with Crippen LogP contribution in [-0.2, 0) is 4.79 Å². The maximum atomic E-state index is 12.9. The molecule has 2 aromatic rings. The number of hydrogen-bond donors (Lipinski definition) is 2. The van der Waals surface area contributed by atoms with E-state index in [4.69, 9.17) is 0 Å². The Bertz CT molecular complexity index is 796. The topological polar surface area (TPSA) is 36.8 Å². The molecule has 28 heavy (non-hydrogen) atoms. The van der Waals surface area contributed by atoms with Gasteiger partial charge in [-0.15, -0.1) is 0 Å². The number of rotatable bonds is 6. The van der Waals surface area contributed by atoms with E-state index in [1.54, 1.807) is 0 Å². The summed E-state index contributed by atoms with van der Waals surface area (Å²) in [7, 11) is 0. The van der Waals surface area contributed by atoms with Crippen LogP contribution in [0.4, 0.5) is 11.4 Å². The van der Waals surface area contributed by atoms with E-state index >= 15 is 0 Å². The predicted octanol–water partition coefficient (Wildman–Crippen LogP) is 3.24. The van der Waals surface area contributed by atoms with Gasteiger partial charge in [0.2, 0.25) is 0 Å². The highest BCUT2D eigenvalue weighted by molar-refractivity contribution is 5.94. The Kier molecular flexibility index (Phi) is 6.74. The van der Waals surface area contributed by atoms with E-state index in [1.165, 1.54) is 21.7 Å². The fourth-order valence-electron chi connectivity index (χ4n) is 4.07. The van der Waals surface area contributed by atoms with Crippen LogP contribution in [-0.4, -0.2) is 38.1 Å². The molecule has 0 unspecified atom stereocenters. The summed E-state index contributed by atoms with van der Waals surface area (Å²) >= 11 is 0. The van der Waals surface area contributed by atoms with Crippen molar-refractivity contribution in [2.24, 2.45) is 0 Å². The van der Waals surface area contributed by atoms with Gasteiger partial charge in [0, 0.05) is 11.4 Å². The summed E-state index contributed by atoms with van der Waals surface area (Å²) in [6.07, 6.45) is 1.06. The first-order valence-corrected chi connectivity index (χ1v) is 10.6. The first-order valence-electron chi connectivity index (χ1n) is 10.6. The smallest absolute Gasteiger partial charge is 0.282 e. The van der Waals surface area contributed by atoms with Gasteiger partial charge in [-0.3, -0.25) is 4.79 Å². The van der Waals surface area contributed by atoms with E-state index in [2.05, 4.69) is 74.3 Å². The molecule has 1 aliphatic heterocycles. The lowest BCUT2D eigenvalue weighted by atomic mass is 9.97. The van der Waals surface area contributed by atoms with Crippen molar-refractivity contribution in [3.05, 3.63) is 59.7 Å². The normalized spacial score (nSPS) is 17.2. The molecule has 0 bridgehead atoms. The van der Waals surface area contributed by atoms with Crippen LogP contribution in [0.3, 0.4) is 0 Å². The Balaban J connectivity index is 1.60. The van der Waals surface area contributed by atoms with Crippen LogP contribution in [0, 0.1) is 6.92 Å². The number of nitrogens with one attached hydrogen (secondary N) is 2. The van der Waals surface area contributed by atoms with E-state index in [0.29, 0.717) is 5.92 Å². The Morgan fingerprint density at radius 1 is 1.07 bits per heavy atom. The third-order valence-corrected chi connectivity index (χ3v) is 6.23. The number of aryl methyl sites for hydroxylation is 1. The Hall–Kier alpha value is -2.33. The molecule has 0 radical (unpaired) electrons. The van der Waals surface area contributed by atoms with Gasteiger partial charge >= 0.3 is 0 Å². The fraction of sp³-hybridized carbons (Fsp3) is 0.458. The van der Waals surface area contributed by atoms with Gasteiger partial charge < -0.3 is 15.1 Å². The summed E-state index contributed by atoms with van der Waals surface area (Å²) in [5, 5.41) is 3.20. The maximum Gasteiger partial charge on any atom is 0.282 e. The van der Waals surface area contributed by atoms with Crippen molar-refractivity contribution >= 4 is 17.3 Å². The summed E-state index contributed by atoms with van der Waals surface area (Å²) in [5.41, 5.74) is 4.83. The van der Waals surface area contributed by atoms with E-state index in [0.717, 1.165) is 38.3 Å². The van der Waals surface area contributed by atoms with Crippen molar-refractivity contribution in [1.82, 2.24) is 0 Å². The molecule has 4 heteroatoms. The fourth-order valence-corrected chi connectivity index (χ4v) is 4.07. The number of benzene rings is 2. The zero-order valence-electron chi connectivity index (χ0n) is 17.7. The molecule has 4 nitrogen and oxygen atoms in total. The summed E-state index contributed by atoms with van der Waals surface area (Å²) in [4.78, 5) is 16.7. The summed E-state index contributed by atoms with van der Waals surface area (Å²) in [6.45, 7) is 12.6. The highest BCUT2D eigenvalue weighted by atomic mass is 16.2. The minimum absolute atomic E-state index is 0.0518. The Labute approximate surface area is 169 Å². The minimum atomic E-state index is -0.0518. The SMILES string of the molecule is CC[C@H](C)c1ccccc1NC(=O)[C@@H](C)[NH+]1CCN(c2ccccc2C)CC1. The van der Waals surface area contributed by atoms with Gasteiger partial charge in [-0.1, -0.05) is 50.2 Å². The second kappa shape index (κ2) is 9.24. The summed E-state index contributed by atoms with van der Waals surface area (Å²) in [5.74, 6) is 0.562. The number of carbonyl (C=O) groups is 1. The van der Waals surface area contributed by atoms with Crippen LogP contribution in [0.2, 0.25) is 0 Å². The summed E-state index contributed by atoms with van der Waals surface area (Å²) in [6, 6.07) is 16.7. The Morgan fingerprint density at radius 3 is 2.39 bits per heavy atom. The molecule has 1 fully saturated rings. The second-order valence-corrected chi connectivity index (χ2v) is 8.04. The molecular weight excluding hydrogens is 346 g/mol. The molecule has 2 N–H and O–H groups in total. The van der Waals surface area contributed by atoms with Crippen molar-refractivity contribution in [2.45, 2.75) is 46.1 Å². The van der Waals surface area contributed by atoms with Gasteiger partial charge in [0.1, 0.15) is 0 Å². The molecule has 0 aliphatic carbocycles. The second-order valence-electron chi connectivity index (χ2n) is 8.04. The van der Waals surface area contributed by atoms with Crippen molar-refractivity contribution < 1.29 is 9.69 Å². The lowest BCUT2D eigenvalue weighted by Crippen LogP contribution is -3.19. The summed E-state index contributed by atoms with van der Waals surface area (Å²) < 4.78 is 0. The van der Waals surface area contributed by atoms with Gasteiger partial charge in [0.15, 0.2) is 6.04 Å². The van der Waals surface area contributed by atoms with Crippen molar-refractivity contribution in [2.75, 3.05) is 36.4 Å². The first kappa shape index (κ1) is 20.4. The van der Waals surface area contributed by atoms with Gasteiger partial charge in [0.25, 0.3) is 5.91 Å². The van der Waals surface area contributed by atoms with E-state index in [-0.39, 0.29) is 11.9 Å². The number of carbonyl (C=O) groups excluding carboxylic acids is 1. The number of hydrogen-bond acceptors (Lipinski definition) is 2. The number of quaternary nitrogens is 1. The zero-order valence-corrected chi connectivity index (χ0v) is 17.7. The first-order chi connectivity index (χ1) is 13.5. The molecule has 0 saturated carbocycles. The highest BCUT2D eigenvalue weighted by Gasteiger charge is 2.30. The molecule has 2 atom stereocenters. The van der Waals surface area contributed by atoms with Crippen LogP contribution in [0.1, 0.15) is 44.2 Å². The third-order valence-electron chi connectivity index (χ3n) is 6.23. The van der Waals surface area contributed by atoms with Crippen molar-refractivity contribution in [3.63, 3.8) is 0 Å². The monoisotopic (exact) mass is 380 g/mol. The highest BCUT2D eigenvalue weighted by Crippen LogP contribution is 2.26. The van der Waals surface area contributed by atoms with E-state index < -0.39 is 0 Å². The van der Waals surface area contributed by atoms with Crippen LogP contribution in [0.25, 0.3) is 0 Å². The average molecular weight is 381 g/mol. The third kappa shape index (κ3) is 4.56. The average Bonchev–Trinajstić information content (AvgIpc) is 2.73. The predicted molar refractivity (Wildman–Crippen MR) is 117 cm³/mol. The van der Waals surface area contributed by atoms with Gasteiger partial charge in [-0.05, 0) is 49.4 Å². The zero-order chi connectivity index (χ0) is 20.1. The van der Waals surface area contributed by atoms with Crippen molar-refractivity contribution in [1.29, 1.82) is 0 Å². The Morgan fingerprint density at radius 2 is 1.71 bits per heavy atom. The number of piperazine rings is 1. The van der Waals surface area contributed by atoms with E-state index in [1.807, 2.05) is 12.1 Å². The quantitative estimate of drug-likeness (QED) is 0.807. The van der Waals surface area contributed by atoms with Crippen LogP contribution < -0.4 is 15.1 Å². The van der Waals surface area contributed by atoms with Gasteiger partial charge in [-0.25, -0.2) is 0 Å². The van der Waals surface area contributed by atoms with Crippen LogP contribution in [0.15, 0.2) is 48.5 Å². The molecule has 3 rings (SSSR count). The number of amides is 1. The number of para-hydroxylation sites is 2. The van der Waals surface area contributed by atoms with Gasteiger partial charge in [-0.2, -0.15) is 0 Å². The standard InChI is InChI=1S/C24H33N3O/c1-5-18(2)21-11-7-8-12-22(21)25-24(28)20(4)26-14-16-27(17-15-26)23-13-9-6-10-19(23)3/h6-13,18,20H,5,14-17H2,1-4H3,(H,25,28)/p+1/t18-,20+/m0/s1. The lowest BCUT2D eigenvalue weighted by Gasteiger charge is -2.36. The molecule has 1 amide bonds. The molecular formula is C24H34N3O+.